The molecule has 0 aliphatic carbocycles. The smallest absolute Gasteiger partial charge is 0.227 e. The van der Waals surface area contributed by atoms with Crippen molar-refractivity contribution in [2.75, 3.05) is 0 Å². The Bertz CT molecular complexity index is 2530. The van der Waals surface area contributed by atoms with E-state index in [-0.39, 0.29) is 0 Å². The van der Waals surface area contributed by atoms with Crippen LogP contribution in [0.15, 0.2) is 132 Å². The van der Waals surface area contributed by atoms with Crippen molar-refractivity contribution in [1.29, 1.82) is 0 Å². The number of nitrogens with zero attached hydrogens (tertiary/aromatic N) is 7. The van der Waals surface area contributed by atoms with Gasteiger partial charge in [0, 0.05) is 78.1 Å². The summed E-state index contributed by atoms with van der Waals surface area (Å²) in [4.78, 5) is 18.9. The highest BCUT2D eigenvalue weighted by Crippen LogP contribution is 2.40. The zero-order valence-electron chi connectivity index (χ0n) is 25.2. The van der Waals surface area contributed by atoms with Gasteiger partial charge in [-0.25, -0.2) is 15.0 Å². The normalized spacial score (nSPS) is 11.7. The Balaban J connectivity index is 1.37. The van der Waals surface area contributed by atoms with Gasteiger partial charge >= 0.3 is 0 Å². The van der Waals surface area contributed by atoms with Crippen LogP contribution >= 0.6 is 0 Å². The van der Waals surface area contributed by atoms with Gasteiger partial charge in [-0.05, 0) is 66.7 Å². The molecule has 0 unspecified atom stereocenters. The topological polar surface area (TPSA) is 79.5 Å². The van der Waals surface area contributed by atoms with Gasteiger partial charge in [-0.3, -0.25) is 4.98 Å². The number of aryl methyl sites for hydroxylation is 2. The van der Waals surface area contributed by atoms with E-state index >= 15 is 0 Å². The van der Waals surface area contributed by atoms with E-state index in [4.69, 9.17) is 14.4 Å². The summed E-state index contributed by atoms with van der Waals surface area (Å²) in [6.45, 7) is 0. The quantitative estimate of drug-likeness (QED) is 0.199. The van der Waals surface area contributed by atoms with Gasteiger partial charge in [-0.1, -0.05) is 30.3 Å². The SMILES string of the molecule is Cn1ccnc1-c1ccc2c(c1)c1ccc(-c3nc4ccccc4o3)cc1n2-c1cc(-c2ccccn2)ccc1-c1nccn1C. The molecule has 0 amide bonds. The molecule has 0 atom stereocenters. The van der Waals surface area contributed by atoms with E-state index in [2.05, 4.69) is 73.7 Å². The van der Waals surface area contributed by atoms with Gasteiger partial charge in [0.1, 0.15) is 17.2 Å². The van der Waals surface area contributed by atoms with E-state index < -0.39 is 0 Å². The van der Waals surface area contributed by atoms with Gasteiger partial charge in [-0.2, -0.15) is 0 Å². The monoisotopic (exact) mass is 597 g/mol. The van der Waals surface area contributed by atoms with Crippen molar-refractivity contribution in [2.45, 2.75) is 0 Å². The highest BCUT2D eigenvalue weighted by molar-refractivity contribution is 6.11. The van der Waals surface area contributed by atoms with Crippen LogP contribution in [0.5, 0.6) is 0 Å². The predicted octanol–water partition coefficient (Wildman–Crippen LogP) is 8.45. The maximum absolute atomic E-state index is 6.23. The Morgan fingerprint density at radius 3 is 2.15 bits per heavy atom. The summed E-state index contributed by atoms with van der Waals surface area (Å²) >= 11 is 0. The second-order valence-corrected chi connectivity index (χ2v) is 11.5. The lowest BCUT2D eigenvalue weighted by atomic mass is 10.0. The molecule has 0 radical (unpaired) electrons. The van der Waals surface area contributed by atoms with E-state index in [9.17, 15) is 0 Å². The summed E-state index contributed by atoms with van der Waals surface area (Å²) in [6, 6.07) is 33.3. The number of hydrogen-bond acceptors (Lipinski definition) is 5. The summed E-state index contributed by atoms with van der Waals surface area (Å²) in [6.07, 6.45) is 9.44. The predicted molar refractivity (Wildman–Crippen MR) is 181 cm³/mol. The first-order valence-electron chi connectivity index (χ1n) is 15.1. The number of benzene rings is 4. The Labute approximate surface area is 263 Å². The number of oxazole rings is 1. The molecule has 5 heterocycles. The fourth-order valence-electron chi connectivity index (χ4n) is 6.42. The summed E-state index contributed by atoms with van der Waals surface area (Å²) in [5.41, 5.74) is 9.56. The number of rotatable bonds is 5. The maximum atomic E-state index is 6.23. The Morgan fingerprint density at radius 2 is 1.37 bits per heavy atom. The van der Waals surface area contributed by atoms with Crippen LogP contribution in [0.3, 0.4) is 0 Å². The lowest BCUT2D eigenvalue weighted by Crippen LogP contribution is -2.01. The maximum Gasteiger partial charge on any atom is 0.227 e. The average Bonchev–Trinajstić information content (AvgIpc) is 3.89. The summed E-state index contributed by atoms with van der Waals surface area (Å²) in [5, 5.41) is 2.23. The van der Waals surface area contributed by atoms with E-state index in [1.807, 2.05) is 92.1 Å². The Kier molecular flexibility index (Phi) is 5.76. The van der Waals surface area contributed by atoms with Crippen LogP contribution in [0.25, 0.3) is 84.1 Å². The van der Waals surface area contributed by atoms with E-state index in [1.165, 1.54) is 0 Å². The van der Waals surface area contributed by atoms with Crippen LogP contribution in [0, 0.1) is 0 Å². The largest absolute Gasteiger partial charge is 0.436 e. The molecule has 0 saturated carbocycles. The summed E-state index contributed by atoms with van der Waals surface area (Å²) < 4.78 is 12.6. The zero-order chi connectivity index (χ0) is 30.8. The molecule has 0 spiro atoms. The standard InChI is InChI=1S/C38H27N7O/c1-43-19-17-40-36(43)25-12-15-32-29(21-25)27-13-11-26(38-42-31-8-3-4-9-35(31)46-38)23-33(27)45(32)34-22-24(30-7-5-6-16-39-30)10-14-28(34)37-41-18-20-44(37)2/h3-23H,1-2H3. The van der Waals surface area contributed by atoms with Gasteiger partial charge in [0.2, 0.25) is 5.89 Å². The third-order valence-corrected chi connectivity index (χ3v) is 8.65. The first kappa shape index (κ1) is 26.2. The number of hydrogen-bond donors (Lipinski definition) is 0. The van der Waals surface area contributed by atoms with Gasteiger partial charge in [-0.15, -0.1) is 0 Å². The molecule has 5 aromatic heterocycles. The number of fused-ring (bicyclic) bond motifs is 4. The molecule has 0 N–H and O–H groups in total. The lowest BCUT2D eigenvalue weighted by molar-refractivity contribution is 0.620. The number of para-hydroxylation sites is 2. The minimum absolute atomic E-state index is 0.583. The first-order chi connectivity index (χ1) is 22.6. The summed E-state index contributed by atoms with van der Waals surface area (Å²) in [7, 11) is 4.04. The van der Waals surface area contributed by atoms with Crippen molar-refractivity contribution in [3.63, 3.8) is 0 Å². The van der Waals surface area contributed by atoms with Gasteiger partial charge < -0.3 is 18.1 Å². The molecule has 9 aromatic rings. The van der Waals surface area contributed by atoms with E-state index in [0.29, 0.717) is 5.89 Å². The molecule has 8 heteroatoms. The zero-order valence-corrected chi connectivity index (χ0v) is 25.2. The highest BCUT2D eigenvalue weighted by Gasteiger charge is 2.21. The highest BCUT2D eigenvalue weighted by atomic mass is 16.3. The number of imidazole rings is 2. The van der Waals surface area contributed by atoms with Crippen LogP contribution in [0.2, 0.25) is 0 Å². The Hall–Kier alpha value is -6.28. The molecule has 8 nitrogen and oxygen atoms in total. The van der Waals surface area contributed by atoms with Crippen LogP contribution in [0.1, 0.15) is 0 Å². The minimum Gasteiger partial charge on any atom is -0.436 e. The molecule has 0 bridgehead atoms. The van der Waals surface area contributed by atoms with Gasteiger partial charge in [0.15, 0.2) is 5.58 Å². The molecule has 220 valence electrons. The lowest BCUT2D eigenvalue weighted by Gasteiger charge is -2.16. The molecule has 0 saturated heterocycles. The molecular weight excluding hydrogens is 570 g/mol. The molecule has 4 aromatic carbocycles. The third kappa shape index (κ3) is 4.07. The van der Waals surface area contributed by atoms with Crippen molar-refractivity contribution in [1.82, 2.24) is 33.6 Å². The summed E-state index contributed by atoms with van der Waals surface area (Å²) in [5.74, 6) is 2.37. The first-order valence-corrected chi connectivity index (χ1v) is 15.1. The van der Waals surface area contributed by atoms with Gasteiger partial charge in [0.25, 0.3) is 0 Å². The molecule has 0 aliphatic heterocycles. The molecule has 0 aliphatic rings. The van der Waals surface area contributed by atoms with Crippen LogP contribution in [-0.2, 0) is 14.1 Å². The van der Waals surface area contributed by atoms with Crippen molar-refractivity contribution in [3.8, 4) is 51.2 Å². The number of pyridine rings is 1. The van der Waals surface area contributed by atoms with Crippen LogP contribution in [-0.4, -0.2) is 33.6 Å². The fraction of sp³-hybridized carbons (Fsp3) is 0.0526. The van der Waals surface area contributed by atoms with Crippen molar-refractivity contribution >= 4 is 32.9 Å². The van der Waals surface area contributed by atoms with Crippen molar-refractivity contribution < 1.29 is 4.42 Å². The third-order valence-electron chi connectivity index (χ3n) is 8.65. The van der Waals surface area contributed by atoms with Crippen molar-refractivity contribution in [2.24, 2.45) is 14.1 Å². The van der Waals surface area contributed by atoms with Crippen LogP contribution < -0.4 is 0 Å². The molecule has 46 heavy (non-hydrogen) atoms. The molecule has 9 rings (SSSR count). The van der Waals surface area contributed by atoms with Gasteiger partial charge in [0.05, 0.1) is 22.4 Å². The minimum atomic E-state index is 0.583. The second kappa shape index (κ2) is 10.1. The van der Waals surface area contributed by atoms with E-state index in [0.717, 1.165) is 78.2 Å². The Morgan fingerprint density at radius 1 is 0.587 bits per heavy atom. The molecule has 0 fully saturated rings. The molecular formula is C38H27N7O. The number of aromatic nitrogens is 7. The van der Waals surface area contributed by atoms with E-state index in [1.54, 1.807) is 0 Å². The van der Waals surface area contributed by atoms with Crippen molar-refractivity contribution in [3.05, 3.63) is 128 Å². The van der Waals surface area contributed by atoms with Crippen LogP contribution in [0.4, 0.5) is 0 Å². The fourth-order valence-corrected chi connectivity index (χ4v) is 6.42. The average molecular weight is 598 g/mol. The second-order valence-electron chi connectivity index (χ2n) is 11.5.